The second kappa shape index (κ2) is 4.11. The summed E-state index contributed by atoms with van der Waals surface area (Å²) < 4.78 is 0. The first-order valence-corrected chi connectivity index (χ1v) is 5.75. The molecule has 3 nitrogen and oxygen atoms in total. The Hall–Kier alpha value is -2.42. The molecule has 18 heavy (non-hydrogen) atoms. The van der Waals surface area contributed by atoms with Crippen molar-refractivity contribution in [2.24, 2.45) is 0 Å². The molecule has 0 aliphatic rings. The van der Waals surface area contributed by atoms with Gasteiger partial charge in [0.25, 0.3) is 0 Å². The first kappa shape index (κ1) is 10.7. The quantitative estimate of drug-likeness (QED) is 0.705. The molecule has 3 aromatic rings. The van der Waals surface area contributed by atoms with E-state index >= 15 is 0 Å². The van der Waals surface area contributed by atoms with Crippen molar-refractivity contribution >= 4 is 10.8 Å². The molecule has 1 aromatic heterocycles. The first-order chi connectivity index (χ1) is 8.74. The van der Waals surface area contributed by atoms with E-state index in [9.17, 15) is 5.11 Å². The summed E-state index contributed by atoms with van der Waals surface area (Å²) >= 11 is 0. The molecule has 3 heteroatoms. The van der Waals surface area contributed by atoms with Gasteiger partial charge in [-0.1, -0.05) is 18.2 Å². The number of hydrogen-bond donors (Lipinski definition) is 1. The highest BCUT2D eigenvalue weighted by atomic mass is 16.3. The molecule has 88 valence electrons. The lowest BCUT2D eigenvalue weighted by molar-refractivity contribution is 0.476. The molecule has 0 radical (unpaired) electrons. The van der Waals surface area contributed by atoms with E-state index < -0.39 is 0 Å². The van der Waals surface area contributed by atoms with Crippen molar-refractivity contribution in [3.63, 3.8) is 0 Å². The number of hydrogen-bond acceptors (Lipinski definition) is 3. The van der Waals surface area contributed by atoms with Gasteiger partial charge in [0, 0.05) is 18.0 Å². The zero-order valence-electron chi connectivity index (χ0n) is 9.96. The van der Waals surface area contributed by atoms with Crippen molar-refractivity contribution in [1.82, 2.24) is 9.97 Å². The Morgan fingerprint density at radius 1 is 0.889 bits per heavy atom. The Kier molecular flexibility index (Phi) is 2.45. The Morgan fingerprint density at radius 2 is 1.61 bits per heavy atom. The predicted octanol–water partition coefficient (Wildman–Crippen LogP) is 3.31. The highest BCUT2D eigenvalue weighted by Gasteiger charge is 2.05. The van der Waals surface area contributed by atoms with Crippen molar-refractivity contribution < 1.29 is 5.11 Å². The van der Waals surface area contributed by atoms with Crippen LogP contribution in [0, 0.1) is 6.92 Å². The van der Waals surface area contributed by atoms with E-state index in [0.717, 1.165) is 27.7 Å². The van der Waals surface area contributed by atoms with Crippen LogP contribution in [0.1, 0.15) is 5.69 Å². The highest BCUT2D eigenvalue weighted by molar-refractivity contribution is 5.88. The zero-order valence-corrected chi connectivity index (χ0v) is 9.96. The standard InChI is InChI=1S/C15H12N2O/c1-10-15(17-7-6-16-10)13-3-2-12-9-14(18)5-4-11(12)8-13/h2-9,18H,1H3. The largest absolute Gasteiger partial charge is 0.508 e. The maximum atomic E-state index is 9.44. The lowest BCUT2D eigenvalue weighted by Gasteiger charge is -2.05. The second-order valence-corrected chi connectivity index (χ2v) is 4.24. The van der Waals surface area contributed by atoms with Crippen molar-refractivity contribution in [2.75, 3.05) is 0 Å². The van der Waals surface area contributed by atoms with Gasteiger partial charge in [0.2, 0.25) is 0 Å². The van der Waals surface area contributed by atoms with Gasteiger partial charge >= 0.3 is 0 Å². The molecule has 0 saturated heterocycles. The van der Waals surface area contributed by atoms with Crippen molar-refractivity contribution in [3.8, 4) is 17.0 Å². The molecular weight excluding hydrogens is 224 g/mol. The summed E-state index contributed by atoms with van der Waals surface area (Å²) in [6.07, 6.45) is 3.39. The SMILES string of the molecule is Cc1nccnc1-c1ccc2cc(O)ccc2c1. The highest BCUT2D eigenvalue weighted by Crippen LogP contribution is 2.26. The van der Waals surface area contributed by atoms with Crippen LogP contribution in [0.2, 0.25) is 0 Å². The molecule has 3 rings (SSSR count). The fourth-order valence-corrected chi connectivity index (χ4v) is 2.07. The summed E-state index contributed by atoms with van der Waals surface area (Å²) in [6, 6.07) is 11.4. The number of rotatable bonds is 1. The first-order valence-electron chi connectivity index (χ1n) is 5.75. The molecule has 0 amide bonds. The molecule has 0 aliphatic heterocycles. The molecule has 0 fully saturated rings. The number of nitrogens with zero attached hydrogens (tertiary/aromatic N) is 2. The average molecular weight is 236 g/mol. The molecule has 0 aliphatic carbocycles. The van der Waals surface area contributed by atoms with E-state index in [-0.39, 0.29) is 5.75 Å². The van der Waals surface area contributed by atoms with Crippen LogP contribution in [0.5, 0.6) is 5.75 Å². The predicted molar refractivity (Wildman–Crippen MR) is 71.4 cm³/mol. The summed E-state index contributed by atoms with van der Waals surface area (Å²) in [4.78, 5) is 8.61. The van der Waals surface area contributed by atoms with Crippen molar-refractivity contribution in [2.45, 2.75) is 6.92 Å². The van der Waals surface area contributed by atoms with E-state index in [1.165, 1.54) is 0 Å². The topological polar surface area (TPSA) is 46.0 Å². The molecule has 0 saturated carbocycles. The van der Waals surface area contributed by atoms with Crippen LogP contribution in [0.15, 0.2) is 48.8 Å². The molecule has 0 atom stereocenters. The number of aromatic hydroxyl groups is 1. The van der Waals surface area contributed by atoms with Crippen LogP contribution < -0.4 is 0 Å². The number of benzene rings is 2. The smallest absolute Gasteiger partial charge is 0.116 e. The number of phenols is 1. The van der Waals surface area contributed by atoms with Gasteiger partial charge in [0.05, 0.1) is 11.4 Å². The molecular formula is C15H12N2O. The third-order valence-corrected chi connectivity index (χ3v) is 2.98. The molecule has 0 spiro atoms. The van der Waals surface area contributed by atoms with E-state index in [2.05, 4.69) is 16.0 Å². The average Bonchev–Trinajstić information content (AvgIpc) is 2.39. The van der Waals surface area contributed by atoms with Gasteiger partial charge in [-0.3, -0.25) is 9.97 Å². The van der Waals surface area contributed by atoms with Crippen LogP contribution in [0.4, 0.5) is 0 Å². The molecule has 2 aromatic carbocycles. The van der Waals surface area contributed by atoms with Crippen LogP contribution in [0.3, 0.4) is 0 Å². The van der Waals surface area contributed by atoms with Gasteiger partial charge in [0.1, 0.15) is 5.75 Å². The minimum absolute atomic E-state index is 0.283. The fourth-order valence-electron chi connectivity index (χ4n) is 2.07. The summed E-state index contributed by atoms with van der Waals surface area (Å²) in [6.45, 7) is 1.95. The van der Waals surface area contributed by atoms with Crippen molar-refractivity contribution in [3.05, 3.63) is 54.5 Å². The van der Waals surface area contributed by atoms with Gasteiger partial charge in [0.15, 0.2) is 0 Å². The molecule has 0 unspecified atom stereocenters. The maximum Gasteiger partial charge on any atom is 0.116 e. The van der Waals surface area contributed by atoms with Crippen LogP contribution in [0.25, 0.3) is 22.0 Å². The van der Waals surface area contributed by atoms with E-state index in [4.69, 9.17) is 0 Å². The summed E-state index contributed by atoms with van der Waals surface area (Å²) in [5, 5.41) is 11.5. The number of fused-ring (bicyclic) bond motifs is 1. The van der Waals surface area contributed by atoms with Gasteiger partial charge in [-0.15, -0.1) is 0 Å². The lowest BCUT2D eigenvalue weighted by atomic mass is 10.0. The number of aryl methyl sites for hydroxylation is 1. The summed E-state index contributed by atoms with van der Waals surface area (Å²) in [5.41, 5.74) is 2.85. The summed E-state index contributed by atoms with van der Waals surface area (Å²) in [7, 11) is 0. The number of phenolic OH excluding ortho intramolecular Hbond substituents is 1. The normalized spacial score (nSPS) is 10.7. The van der Waals surface area contributed by atoms with E-state index in [0.29, 0.717) is 0 Å². The van der Waals surface area contributed by atoms with Gasteiger partial charge < -0.3 is 5.11 Å². The van der Waals surface area contributed by atoms with Crippen LogP contribution in [-0.4, -0.2) is 15.1 Å². The Labute approximate surface area is 105 Å². The third kappa shape index (κ3) is 1.80. The summed E-state index contributed by atoms with van der Waals surface area (Å²) in [5.74, 6) is 0.283. The maximum absolute atomic E-state index is 9.44. The Balaban J connectivity index is 2.20. The molecule has 1 heterocycles. The second-order valence-electron chi connectivity index (χ2n) is 4.24. The Bertz CT molecular complexity index is 723. The lowest BCUT2D eigenvalue weighted by Crippen LogP contribution is -1.90. The number of aromatic nitrogens is 2. The van der Waals surface area contributed by atoms with Crippen LogP contribution in [-0.2, 0) is 0 Å². The minimum Gasteiger partial charge on any atom is -0.508 e. The third-order valence-electron chi connectivity index (χ3n) is 2.98. The monoisotopic (exact) mass is 236 g/mol. The van der Waals surface area contributed by atoms with E-state index in [1.807, 2.05) is 25.1 Å². The van der Waals surface area contributed by atoms with E-state index in [1.54, 1.807) is 24.5 Å². The van der Waals surface area contributed by atoms with Crippen LogP contribution >= 0.6 is 0 Å². The van der Waals surface area contributed by atoms with Gasteiger partial charge in [-0.2, -0.15) is 0 Å². The minimum atomic E-state index is 0.283. The Morgan fingerprint density at radius 3 is 2.44 bits per heavy atom. The van der Waals surface area contributed by atoms with Gasteiger partial charge in [-0.05, 0) is 35.9 Å². The zero-order chi connectivity index (χ0) is 12.5. The van der Waals surface area contributed by atoms with Gasteiger partial charge in [-0.25, -0.2) is 0 Å². The molecule has 1 N–H and O–H groups in total. The molecule has 0 bridgehead atoms. The van der Waals surface area contributed by atoms with Crippen molar-refractivity contribution in [1.29, 1.82) is 0 Å². The fraction of sp³-hybridized carbons (Fsp3) is 0.0667.